The maximum atomic E-state index is 12.6. The van der Waals surface area contributed by atoms with Crippen molar-refractivity contribution in [2.75, 3.05) is 29.8 Å². The van der Waals surface area contributed by atoms with E-state index in [-0.39, 0.29) is 28.9 Å². The number of carbonyl (C=O) groups is 2. The summed E-state index contributed by atoms with van der Waals surface area (Å²) in [6.45, 7) is 1.23. The van der Waals surface area contributed by atoms with Crippen LogP contribution in [0.4, 0.5) is 5.69 Å². The number of carbonyl (C=O) groups excluding carboxylic acids is 1. The van der Waals surface area contributed by atoms with Gasteiger partial charge in [-0.05, 0) is 37.5 Å². The van der Waals surface area contributed by atoms with Gasteiger partial charge in [0.2, 0.25) is 10.0 Å². The zero-order valence-electron chi connectivity index (χ0n) is 14.6. The first-order valence-electron chi connectivity index (χ1n) is 8.71. The summed E-state index contributed by atoms with van der Waals surface area (Å²) >= 11 is 6.19. The fourth-order valence-corrected chi connectivity index (χ4v) is 5.22. The number of amides is 1. The van der Waals surface area contributed by atoms with Crippen LogP contribution >= 0.6 is 11.6 Å². The Morgan fingerprint density at radius 1 is 1.33 bits per heavy atom. The number of aliphatic carboxylic acids is 1. The molecule has 0 saturated carbocycles. The van der Waals surface area contributed by atoms with E-state index in [0.29, 0.717) is 31.7 Å². The van der Waals surface area contributed by atoms with Crippen molar-refractivity contribution in [2.45, 2.75) is 25.3 Å². The van der Waals surface area contributed by atoms with Crippen molar-refractivity contribution in [1.82, 2.24) is 5.32 Å². The third kappa shape index (κ3) is 4.36. The fourth-order valence-electron chi connectivity index (χ4n) is 3.40. The Bertz CT molecular complexity index is 838. The van der Waals surface area contributed by atoms with E-state index in [1.54, 1.807) is 0 Å². The smallest absolute Gasteiger partial charge is 0.326 e. The third-order valence-electron chi connectivity index (χ3n) is 4.80. The number of rotatable bonds is 5. The van der Waals surface area contributed by atoms with E-state index in [4.69, 9.17) is 16.3 Å². The van der Waals surface area contributed by atoms with Gasteiger partial charge in [0.25, 0.3) is 5.91 Å². The molecule has 2 aliphatic rings. The largest absolute Gasteiger partial charge is 0.480 e. The predicted octanol–water partition coefficient (Wildman–Crippen LogP) is 1.49. The lowest BCUT2D eigenvalue weighted by Crippen LogP contribution is -2.48. The van der Waals surface area contributed by atoms with Crippen LogP contribution in [-0.4, -0.2) is 57.0 Å². The van der Waals surface area contributed by atoms with E-state index < -0.39 is 27.9 Å². The van der Waals surface area contributed by atoms with E-state index in [2.05, 4.69) is 5.32 Å². The number of nitrogens with zero attached hydrogens (tertiary/aromatic N) is 1. The number of nitrogens with one attached hydrogen (secondary N) is 1. The second-order valence-electron chi connectivity index (χ2n) is 6.67. The van der Waals surface area contributed by atoms with Crippen molar-refractivity contribution in [1.29, 1.82) is 0 Å². The van der Waals surface area contributed by atoms with Crippen molar-refractivity contribution in [3.05, 3.63) is 28.8 Å². The molecule has 0 spiro atoms. The van der Waals surface area contributed by atoms with Crippen molar-refractivity contribution >= 4 is 39.2 Å². The van der Waals surface area contributed by atoms with Gasteiger partial charge in [-0.25, -0.2) is 13.2 Å². The Labute approximate surface area is 162 Å². The van der Waals surface area contributed by atoms with E-state index in [9.17, 15) is 23.1 Å². The lowest BCUT2D eigenvalue weighted by atomic mass is 9.93. The Morgan fingerprint density at radius 2 is 2.11 bits per heavy atom. The summed E-state index contributed by atoms with van der Waals surface area (Å²) in [5.41, 5.74) is 0.490. The minimum Gasteiger partial charge on any atom is -0.480 e. The summed E-state index contributed by atoms with van der Waals surface area (Å²) in [5.74, 6) is -1.98. The van der Waals surface area contributed by atoms with Crippen molar-refractivity contribution in [3.63, 3.8) is 0 Å². The first kappa shape index (κ1) is 19.9. The molecule has 2 N–H and O–H groups in total. The maximum absolute atomic E-state index is 12.6. The van der Waals surface area contributed by atoms with Crippen molar-refractivity contribution in [3.8, 4) is 0 Å². The van der Waals surface area contributed by atoms with E-state index in [1.165, 1.54) is 22.5 Å². The van der Waals surface area contributed by atoms with Gasteiger partial charge in [-0.1, -0.05) is 11.6 Å². The molecule has 0 aliphatic carbocycles. The van der Waals surface area contributed by atoms with Gasteiger partial charge in [-0.15, -0.1) is 0 Å². The van der Waals surface area contributed by atoms with Gasteiger partial charge in [-0.2, -0.15) is 0 Å². The van der Waals surface area contributed by atoms with Crippen LogP contribution in [0.5, 0.6) is 0 Å². The molecule has 1 amide bonds. The summed E-state index contributed by atoms with van der Waals surface area (Å²) in [6, 6.07) is 3.26. The molecule has 2 atom stereocenters. The average molecular weight is 417 g/mol. The van der Waals surface area contributed by atoms with Crippen LogP contribution in [0.25, 0.3) is 0 Å². The molecular weight excluding hydrogens is 396 g/mol. The summed E-state index contributed by atoms with van der Waals surface area (Å²) in [6.07, 6.45) is 1.92. The highest BCUT2D eigenvalue weighted by Gasteiger charge is 2.33. The van der Waals surface area contributed by atoms with Gasteiger partial charge < -0.3 is 15.2 Å². The van der Waals surface area contributed by atoms with Gasteiger partial charge in [-0.3, -0.25) is 9.10 Å². The molecule has 1 aromatic rings. The number of halogens is 1. The van der Waals surface area contributed by atoms with Crippen LogP contribution < -0.4 is 9.62 Å². The van der Waals surface area contributed by atoms with Crippen molar-refractivity contribution < 1.29 is 27.9 Å². The maximum Gasteiger partial charge on any atom is 0.326 e. The van der Waals surface area contributed by atoms with Gasteiger partial charge in [0.1, 0.15) is 6.04 Å². The highest BCUT2D eigenvalue weighted by Crippen LogP contribution is 2.29. The van der Waals surface area contributed by atoms with Crippen LogP contribution in [0, 0.1) is 5.92 Å². The number of carboxylic acid groups (broad SMARTS) is 1. The molecule has 0 aromatic heterocycles. The molecule has 0 bridgehead atoms. The van der Waals surface area contributed by atoms with Gasteiger partial charge in [0.15, 0.2) is 0 Å². The van der Waals surface area contributed by atoms with Gasteiger partial charge >= 0.3 is 5.97 Å². The lowest BCUT2D eigenvalue weighted by molar-refractivity contribution is -0.142. The molecule has 2 heterocycles. The average Bonchev–Trinajstić information content (AvgIpc) is 2.99. The van der Waals surface area contributed by atoms with Gasteiger partial charge in [0, 0.05) is 19.1 Å². The normalized spacial score (nSPS) is 23.0. The first-order chi connectivity index (χ1) is 12.8. The minimum atomic E-state index is -3.35. The SMILES string of the molecule is O=C(NC(C(=O)O)C1CCCOC1)c1ccc(N2CCCS2(=O)=O)cc1Cl. The second-order valence-corrected chi connectivity index (χ2v) is 9.09. The number of hydrogen-bond acceptors (Lipinski definition) is 5. The third-order valence-corrected chi connectivity index (χ3v) is 6.99. The zero-order chi connectivity index (χ0) is 19.6. The zero-order valence-corrected chi connectivity index (χ0v) is 16.1. The van der Waals surface area contributed by atoms with Crippen molar-refractivity contribution in [2.24, 2.45) is 5.92 Å². The molecule has 1 aromatic carbocycles. The molecule has 27 heavy (non-hydrogen) atoms. The predicted molar refractivity (Wildman–Crippen MR) is 99.6 cm³/mol. The number of anilines is 1. The fraction of sp³-hybridized carbons (Fsp3) is 0.529. The topological polar surface area (TPSA) is 113 Å². The first-order valence-corrected chi connectivity index (χ1v) is 10.7. The number of carboxylic acids is 1. The number of hydrogen-bond donors (Lipinski definition) is 2. The Kier molecular flexibility index (Phi) is 5.92. The van der Waals surface area contributed by atoms with Crippen LogP contribution in [-0.2, 0) is 19.6 Å². The van der Waals surface area contributed by atoms with E-state index >= 15 is 0 Å². The van der Waals surface area contributed by atoms with E-state index in [1.807, 2.05) is 0 Å². The van der Waals surface area contributed by atoms with Crippen LogP contribution in [0.3, 0.4) is 0 Å². The minimum absolute atomic E-state index is 0.0659. The van der Waals surface area contributed by atoms with E-state index in [0.717, 1.165) is 6.42 Å². The molecule has 2 fully saturated rings. The standard InChI is InChI=1S/C17H21ClN2O6S/c18-14-9-12(20-6-2-8-27(20,24)25)4-5-13(14)16(21)19-15(17(22)23)11-3-1-7-26-10-11/h4-5,9,11,15H,1-3,6-8,10H2,(H,19,21)(H,22,23). The molecule has 0 radical (unpaired) electrons. The summed E-state index contributed by atoms with van der Waals surface area (Å²) in [7, 11) is -3.35. The number of benzene rings is 1. The molecule has 148 valence electrons. The molecule has 2 unspecified atom stereocenters. The summed E-state index contributed by atoms with van der Waals surface area (Å²) in [4.78, 5) is 24.1. The molecular formula is C17H21ClN2O6S. The molecule has 3 rings (SSSR count). The van der Waals surface area contributed by atoms with Crippen LogP contribution in [0.15, 0.2) is 18.2 Å². The Balaban J connectivity index is 1.77. The van der Waals surface area contributed by atoms with Crippen LogP contribution in [0.1, 0.15) is 29.6 Å². The van der Waals surface area contributed by atoms with Crippen LogP contribution in [0.2, 0.25) is 5.02 Å². The lowest BCUT2D eigenvalue weighted by Gasteiger charge is -2.28. The molecule has 2 saturated heterocycles. The van der Waals surface area contributed by atoms with Gasteiger partial charge in [0.05, 0.1) is 28.6 Å². The molecule has 2 aliphatic heterocycles. The number of sulfonamides is 1. The Hall–Kier alpha value is -1.84. The number of ether oxygens (including phenoxy) is 1. The summed E-state index contributed by atoms with van der Waals surface area (Å²) < 4.78 is 30.6. The second kappa shape index (κ2) is 8.04. The molecule has 8 nitrogen and oxygen atoms in total. The quantitative estimate of drug-likeness (QED) is 0.751. The monoisotopic (exact) mass is 416 g/mol. The summed E-state index contributed by atoms with van der Waals surface area (Å²) in [5, 5.41) is 12.0. The highest BCUT2D eigenvalue weighted by molar-refractivity contribution is 7.93. The molecule has 10 heteroatoms. The Morgan fingerprint density at radius 3 is 2.67 bits per heavy atom. The highest BCUT2D eigenvalue weighted by atomic mass is 35.5.